The maximum absolute atomic E-state index is 12.2. The number of carbonyl (C=O) groups is 1. The summed E-state index contributed by atoms with van der Waals surface area (Å²) >= 11 is 8.19. The number of nitrogens with zero attached hydrogens (tertiary/aromatic N) is 2. The molecule has 0 unspecified atom stereocenters. The van der Waals surface area contributed by atoms with E-state index in [0.717, 1.165) is 15.6 Å². The molecule has 0 saturated carbocycles. The maximum Gasteiger partial charge on any atom is 0.234 e. The van der Waals surface area contributed by atoms with Gasteiger partial charge in [-0.1, -0.05) is 47.4 Å². The predicted molar refractivity (Wildman–Crippen MR) is 109 cm³/mol. The summed E-state index contributed by atoms with van der Waals surface area (Å²) in [6.45, 7) is 2.02. The molecule has 0 aliphatic rings. The number of nitrogens with one attached hydrogen (secondary N) is 1. The van der Waals surface area contributed by atoms with Crippen molar-refractivity contribution in [3.05, 3.63) is 58.0 Å². The van der Waals surface area contributed by atoms with Crippen LogP contribution in [0, 0.1) is 10.9 Å². The van der Waals surface area contributed by atoms with E-state index in [-0.39, 0.29) is 11.7 Å². The highest BCUT2D eigenvalue weighted by Gasteiger charge is 2.11. The molecule has 1 heterocycles. The van der Waals surface area contributed by atoms with Crippen LogP contribution in [0.5, 0.6) is 5.75 Å². The monoisotopic (exact) mass is 403 g/mol. The van der Waals surface area contributed by atoms with Crippen molar-refractivity contribution in [3.63, 3.8) is 0 Å². The molecule has 1 aromatic heterocycles. The quantitative estimate of drug-likeness (QED) is 0.477. The molecule has 0 spiro atoms. The molecular formula is C18H17N3O2S3. The Bertz CT molecular complexity index is 982. The van der Waals surface area contributed by atoms with Gasteiger partial charge in [0.1, 0.15) is 5.75 Å². The van der Waals surface area contributed by atoms with E-state index >= 15 is 0 Å². The molecule has 2 aromatic carbocycles. The summed E-state index contributed by atoms with van der Waals surface area (Å²) in [5.74, 6) is 0.852. The summed E-state index contributed by atoms with van der Waals surface area (Å²) in [5.41, 5.74) is 2.76. The summed E-state index contributed by atoms with van der Waals surface area (Å²) in [4.78, 5) is 12.2. The van der Waals surface area contributed by atoms with Crippen LogP contribution in [0.25, 0.3) is 5.69 Å². The molecule has 0 aliphatic heterocycles. The Kier molecular flexibility index (Phi) is 6.08. The molecule has 5 nitrogen and oxygen atoms in total. The van der Waals surface area contributed by atoms with E-state index in [9.17, 15) is 4.79 Å². The molecule has 1 N–H and O–H groups in total. The largest absolute Gasteiger partial charge is 0.497 e. The molecule has 0 bridgehead atoms. The van der Waals surface area contributed by atoms with Crippen LogP contribution in [0.2, 0.25) is 0 Å². The smallest absolute Gasteiger partial charge is 0.234 e. The van der Waals surface area contributed by atoms with Crippen molar-refractivity contribution >= 4 is 46.9 Å². The van der Waals surface area contributed by atoms with Gasteiger partial charge in [-0.05, 0) is 42.9 Å². The number of ether oxygens (including phenoxy) is 1. The molecule has 8 heteroatoms. The van der Waals surface area contributed by atoms with E-state index in [2.05, 4.69) is 10.4 Å². The third kappa shape index (κ3) is 4.51. The van der Waals surface area contributed by atoms with Gasteiger partial charge in [-0.25, -0.2) is 4.68 Å². The lowest BCUT2D eigenvalue weighted by molar-refractivity contribution is -0.113. The van der Waals surface area contributed by atoms with Crippen LogP contribution in [0.15, 0.2) is 52.9 Å². The van der Waals surface area contributed by atoms with E-state index in [4.69, 9.17) is 17.0 Å². The molecule has 134 valence electrons. The van der Waals surface area contributed by atoms with Crippen molar-refractivity contribution < 1.29 is 9.53 Å². The van der Waals surface area contributed by atoms with Crippen LogP contribution < -0.4 is 10.1 Å². The van der Waals surface area contributed by atoms with Crippen LogP contribution in [0.4, 0.5) is 5.69 Å². The van der Waals surface area contributed by atoms with E-state index < -0.39 is 0 Å². The second kappa shape index (κ2) is 8.48. The van der Waals surface area contributed by atoms with Gasteiger partial charge < -0.3 is 10.1 Å². The number of aryl methyl sites for hydroxylation is 1. The number of rotatable bonds is 6. The maximum atomic E-state index is 12.2. The van der Waals surface area contributed by atoms with Crippen LogP contribution >= 0.6 is 35.3 Å². The van der Waals surface area contributed by atoms with Gasteiger partial charge in [-0.3, -0.25) is 4.79 Å². The number of para-hydroxylation sites is 1. The van der Waals surface area contributed by atoms with E-state index in [1.165, 1.54) is 23.1 Å². The minimum atomic E-state index is -0.105. The minimum absolute atomic E-state index is 0.105. The lowest BCUT2D eigenvalue weighted by Gasteiger charge is -2.06. The number of benzene rings is 2. The zero-order valence-corrected chi connectivity index (χ0v) is 16.7. The first-order valence-electron chi connectivity index (χ1n) is 7.79. The Hall–Kier alpha value is -2.16. The zero-order valence-electron chi connectivity index (χ0n) is 14.3. The topological polar surface area (TPSA) is 56.1 Å². The SMILES string of the molecule is COc1cccc(NC(=O)CSc2nn(-c3ccccc3C)c(=S)s2)c1. The van der Waals surface area contributed by atoms with Gasteiger partial charge in [0, 0.05) is 11.8 Å². The fraction of sp³-hybridized carbons (Fsp3) is 0.167. The van der Waals surface area contributed by atoms with Gasteiger partial charge in [0.05, 0.1) is 18.6 Å². The second-order valence-corrected chi connectivity index (χ2v) is 8.25. The minimum Gasteiger partial charge on any atom is -0.497 e. The number of anilines is 1. The fourth-order valence-corrected chi connectivity index (χ4v) is 4.44. The predicted octanol–water partition coefficient (Wildman–Crippen LogP) is 4.71. The average molecular weight is 404 g/mol. The van der Waals surface area contributed by atoms with Crippen molar-refractivity contribution in [1.82, 2.24) is 9.78 Å². The molecule has 0 fully saturated rings. The number of thioether (sulfide) groups is 1. The highest BCUT2D eigenvalue weighted by atomic mass is 32.2. The van der Waals surface area contributed by atoms with Crippen molar-refractivity contribution in [3.8, 4) is 11.4 Å². The van der Waals surface area contributed by atoms with E-state index in [1.54, 1.807) is 17.9 Å². The van der Waals surface area contributed by atoms with Crippen LogP contribution in [-0.2, 0) is 4.79 Å². The van der Waals surface area contributed by atoms with Crippen molar-refractivity contribution in [1.29, 1.82) is 0 Å². The Morgan fingerprint density at radius 3 is 2.88 bits per heavy atom. The van der Waals surface area contributed by atoms with Gasteiger partial charge in [-0.15, -0.1) is 5.10 Å². The number of hydrogen-bond acceptors (Lipinski definition) is 6. The third-order valence-electron chi connectivity index (χ3n) is 3.55. The molecule has 0 atom stereocenters. The summed E-state index contributed by atoms with van der Waals surface area (Å²) < 4.78 is 8.33. The van der Waals surface area contributed by atoms with Gasteiger partial charge in [-0.2, -0.15) is 0 Å². The Morgan fingerprint density at radius 2 is 2.12 bits per heavy atom. The van der Waals surface area contributed by atoms with E-state index in [0.29, 0.717) is 15.4 Å². The van der Waals surface area contributed by atoms with Gasteiger partial charge in [0.15, 0.2) is 8.29 Å². The molecule has 0 saturated heterocycles. The van der Waals surface area contributed by atoms with Crippen LogP contribution in [0.3, 0.4) is 0 Å². The highest BCUT2D eigenvalue weighted by Crippen LogP contribution is 2.25. The molecule has 3 aromatic rings. The number of carbonyl (C=O) groups excluding carboxylic acids is 1. The normalized spacial score (nSPS) is 10.5. The highest BCUT2D eigenvalue weighted by molar-refractivity contribution is 8.01. The van der Waals surface area contributed by atoms with Crippen molar-refractivity contribution in [2.75, 3.05) is 18.2 Å². The third-order valence-corrected chi connectivity index (χ3v) is 5.92. The van der Waals surface area contributed by atoms with Crippen molar-refractivity contribution in [2.24, 2.45) is 0 Å². The number of hydrogen-bond donors (Lipinski definition) is 1. The van der Waals surface area contributed by atoms with E-state index in [1.807, 2.05) is 49.4 Å². The molecular weight excluding hydrogens is 386 g/mol. The number of methoxy groups -OCH3 is 1. The summed E-state index contributed by atoms with van der Waals surface area (Å²) in [6.07, 6.45) is 0. The molecule has 3 rings (SSSR count). The molecule has 0 radical (unpaired) electrons. The van der Waals surface area contributed by atoms with Gasteiger partial charge in [0.2, 0.25) is 5.91 Å². The first kappa shape index (κ1) is 18.6. The Balaban J connectivity index is 1.65. The zero-order chi connectivity index (χ0) is 18.5. The Morgan fingerprint density at radius 1 is 1.31 bits per heavy atom. The second-order valence-electron chi connectivity index (χ2n) is 5.40. The number of aromatic nitrogens is 2. The molecule has 1 amide bonds. The number of amides is 1. The van der Waals surface area contributed by atoms with Crippen LogP contribution in [0.1, 0.15) is 5.56 Å². The summed E-state index contributed by atoms with van der Waals surface area (Å²) in [6, 6.07) is 15.2. The fourth-order valence-electron chi connectivity index (χ4n) is 2.30. The lowest BCUT2D eigenvalue weighted by atomic mass is 10.2. The average Bonchev–Trinajstić information content (AvgIpc) is 3.01. The van der Waals surface area contributed by atoms with Crippen LogP contribution in [-0.4, -0.2) is 28.6 Å². The summed E-state index contributed by atoms with van der Waals surface area (Å²) in [7, 11) is 1.59. The summed E-state index contributed by atoms with van der Waals surface area (Å²) in [5, 5.41) is 7.39. The van der Waals surface area contributed by atoms with Crippen molar-refractivity contribution in [2.45, 2.75) is 11.3 Å². The Labute approximate surface area is 165 Å². The van der Waals surface area contributed by atoms with Gasteiger partial charge in [0.25, 0.3) is 0 Å². The lowest BCUT2D eigenvalue weighted by Crippen LogP contribution is -2.14. The molecule has 0 aliphatic carbocycles. The first-order valence-corrected chi connectivity index (χ1v) is 10.0. The van der Waals surface area contributed by atoms with Gasteiger partial charge >= 0.3 is 0 Å². The molecule has 26 heavy (non-hydrogen) atoms. The standard InChI is InChI=1S/C18H17N3O2S3/c1-12-6-3-4-9-15(12)21-18(24)26-17(20-21)25-11-16(22)19-13-7-5-8-14(10-13)23-2/h3-10H,11H2,1-2H3,(H,19,22). The first-order chi connectivity index (χ1) is 12.6.